The average Bonchev–Trinajstić information content (AvgIpc) is 2.89. The fraction of sp³-hybridized carbons (Fsp3) is 0.647. The third-order valence-electron chi connectivity index (χ3n) is 5.27. The zero-order chi connectivity index (χ0) is 13.6. The SMILES string of the molecule is Cc1cc(F)cc(C)c1C(Br)CC1CC2CCC1C2. The van der Waals surface area contributed by atoms with Crippen LogP contribution in [0.15, 0.2) is 12.1 Å². The Labute approximate surface area is 123 Å². The maximum absolute atomic E-state index is 13.4. The van der Waals surface area contributed by atoms with Crippen LogP contribution in [0.3, 0.4) is 0 Å². The van der Waals surface area contributed by atoms with E-state index >= 15 is 0 Å². The van der Waals surface area contributed by atoms with Crippen LogP contribution in [0.25, 0.3) is 0 Å². The largest absolute Gasteiger partial charge is 0.207 e. The standard InChI is InChI=1S/C17H22BrF/c1-10-5-15(19)6-11(2)17(10)16(18)9-14-8-12-3-4-13(14)7-12/h5-6,12-14,16H,3-4,7-9H2,1-2H3. The molecule has 2 saturated carbocycles. The second-order valence-corrected chi connectivity index (χ2v) is 7.70. The molecule has 3 rings (SSSR count). The predicted molar refractivity (Wildman–Crippen MR) is 81.1 cm³/mol. The van der Waals surface area contributed by atoms with E-state index in [2.05, 4.69) is 15.9 Å². The molecule has 104 valence electrons. The lowest BCUT2D eigenvalue weighted by atomic mass is 9.83. The molecule has 0 radical (unpaired) electrons. The molecule has 0 aliphatic heterocycles. The third-order valence-corrected chi connectivity index (χ3v) is 6.10. The minimum Gasteiger partial charge on any atom is -0.207 e. The predicted octanol–water partition coefficient (Wildman–Crippen LogP) is 5.70. The number of hydrogen-bond acceptors (Lipinski definition) is 0. The van der Waals surface area contributed by atoms with E-state index < -0.39 is 0 Å². The van der Waals surface area contributed by atoms with Crippen molar-refractivity contribution >= 4 is 15.9 Å². The smallest absolute Gasteiger partial charge is 0.123 e. The number of halogens is 2. The lowest BCUT2D eigenvalue weighted by Crippen LogP contribution is -2.13. The number of fused-ring (bicyclic) bond motifs is 2. The second kappa shape index (κ2) is 5.20. The van der Waals surface area contributed by atoms with Crippen LogP contribution in [0.4, 0.5) is 4.39 Å². The molecule has 4 atom stereocenters. The molecule has 2 heteroatoms. The molecule has 4 unspecified atom stereocenters. The summed E-state index contributed by atoms with van der Waals surface area (Å²) >= 11 is 3.87. The number of hydrogen-bond donors (Lipinski definition) is 0. The van der Waals surface area contributed by atoms with E-state index in [9.17, 15) is 4.39 Å². The number of rotatable bonds is 3. The molecule has 2 bridgehead atoms. The van der Waals surface area contributed by atoms with Gasteiger partial charge in [-0.15, -0.1) is 0 Å². The molecule has 2 aliphatic carbocycles. The van der Waals surface area contributed by atoms with Crippen molar-refractivity contribution in [3.05, 3.63) is 34.6 Å². The van der Waals surface area contributed by atoms with Crippen molar-refractivity contribution in [1.29, 1.82) is 0 Å². The van der Waals surface area contributed by atoms with Gasteiger partial charge in [-0.1, -0.05) is 22.4 Å². The molecule has 0 aromatic heterocycles. The summed E-state index contributed by atoms with van der Waals surface area (Å²) in [6.07, 6.45) is 7.01. The van der Waals surface area contributed by atoms with Crippen LogP contribution in [-0.2, 0) is 0 Å². The summed E-state index contributed by atoms with van der Waals surface area (Å²) in [5.74, 6) is 2.74. The molecule has 2 aliphatic rings. The molecular weight excluding hydrogens is 303 g/mol. The van der Waals surface area contributed by atoms with Crippen LogP contribution in [0.5, 0.6) is 0 Å². The van der Waals surface area contributed by atoms with E-state index in [0.29, 0.717) is 4.83 Å². The van der Waals surface area contributed by atoms with E-state index in [4.69, 9.17) is 0 Å². The van der Waals surface area contributed by atoms with Crippen LogP contribution in [0.1, 0.15) is 53.6 Å². The van der Waals surface area contributed by atoms with E-state index in [1.54, 1.807) is 12.1 Å². The molecule has 0 spiro atoms. The van der Waals surface area contributed by atoms with Gasteiger partial charge in [-0.2, -0.15) is 0 Å². The summed E-state index contributed by atoms with van der Waals surface area (Å²) in [5.41, 5.74) is 3.48. The highest BCUT2D eigenvalue weighted by molar-refractivity contribution is 9.09. The highest BCUT2D eigenvalue weighted by atomic mass is 79.9. The van der Waals surface area contributed by atoms with Crippen molar-refractivity contribution in [2.45, 2.75) is 50.8 Å². The lowest BCUT2D eigenvalue weighted by molar-refractivity contribution is 0.314. The van der Waals surface area contributed by atoms with E-state index in [1.165, 1.54) is 37.7 Å². The van der Waals surface area contributed by atoms with Crippen molar-refractivity contribution in [3.63, 3.8) is 0 Å². The van der Waals surface area contributed by atoms with Gasteiger partial charge >= 0.3 is 0 Å². The van der Waals surface area contributed by atoms with Gasteiger partial charge in [0.05, 0.1) is 0 Å². The second-order valence-electron chi connectivity index (χ2n) is 6.59. The molecule has 0 heterocycles. The normalized spacial score (nSPS) is 30.8. The Morgan fingerprint density at radius 1 is 1.21 bits per heavy atom. The molecule has 0 nitrogen and oxygen atoms in total. The van der Waals surface area contributed by atoms with Crippen molar-refractivity contribution in [2.75, 3.05) is 0 Å². The minimum absolute atomic E-state index is 0.113. The van der Waals surface area contributed by atoms with Gasteiger partial charge in [-0.25, -0.2) is 4.39 Å². The van der Waals surface area contributed by atoms with E-state index in [1.807, 2.05) is 13.8 Å². The van der Waals surface area contributed by atoms with Crippen LogP contribution >= 0.6 is 15.9 Å². The van der Waals surface area contributed by atoms with Gasteiger partial charge in [0, 0.05) is 4.83 Å². The summed E-state index contributed by atoms with van der Waals surface area (Å²) in [6.45, 7) is 4.06. The zero-order valence-corrected chi connectivity index (χ0v) is 13.3. The monoisotopic (exact) mass is 324 g/mol. The Bertz CT molecular complexity index is 459. The third kappa shape index (κ3) is 2.61. The van der Waals surface area contributed by atoms with Crippen LogP contribution in [0, 0.1) is 37.4 Å². The van der Waals surface area contributed by atoms with E-state index in [-0.39, 0.29) is 5.82 Å². The highest BCUT2D eigenvalue weighted by Crippen LogP contribution is 2.52. The van der Waals surface area contributed by atoms with Crippen LogP contribution in [0.2, 0.25) is 0 Å². The molecular formula is C17H22BrF. The van der Waals surface area contributed by atoms with Gasteiger partial charge < -0.3 is 0 Å². The number of benzene rings is 1. The maximum Gasteiger partial charge on any atom is 0.123 e. The Morgan fingerprint density at radius 2 is 1.89 bits per heavy atom. The van der Waals surface area contributed by atoms with Crippen molar-refractivity contribution in [2.24, 2.45) is 17.8 Å². The topological polar surface area (TPSA) is 0 Å². The number of alkyl halides is 1. The van der Waals surface area contributed by atoms with Crippen LogP contribution < -0.4 is 0 Å². The summed E-state index contributed by atoms with van der Waals surface area (Å²) in [4.78, 5) is 0.387. The number of aryl methyl sites for hydroxylation is 2. The fourth-order valence-corrected chi connectivity index (χ4v) is 5.67. The summed E-state index contributed by atoms with van der Waals surface area (Å²) in [5, 5.41) is 0. The average molecular weight is 325 g/mol. The molecule has 0 amide bonds. The Morgan fingerprint density at radius 3 is 2.42 bits per heavy atom. The van der Waals surface area contributed by atoms with Crippen LogP contribution in [-0.4, -0.2) is 0 Å². The highest BCUT2D eigenvalue weighted by Gasteiger charge is 2.40. The quantitative estimate of drug-likeness (QED) is 0.625. The molecule has 0 N–H and O–H groups in total. The summed E-state index contributed by atoms with van der Waals surface area (Å²) in [6, 6.07) is 3.33. The maximum atomic E-state index is 13.4. The summed E-state index contributed by atoms with van der Waals surface area (Å²) < 4.78 is 13.4. The van der Waals surface area contributed by atoms with Gasteiger partial charge in [0.15, 0.2) is 0 Å². The fourth-order valence-electron chi connectivity index (χ4n) is 4.46. The molecule has 19 heavy (non-hydrogen) atoms. The van der Waals surface area contributed by atoms with Gasteiger partial charge in [-0.05, 0) is 86.1 Å². The van der Waals surface area contributed by atoms with Gasteiger partial charge in [0.25, 0.3) is 0 Å². The molecule has 2 fully saturated rings. The van der Waals surface area contributed by atoms with Gasteiger partial charge in [0.2, 0.25) is 0 Å². The molecule has 0 saturated heterocycles. The zero-order valence-electron chi connectivity index (χ0n) is 11.8. The molecule has 1 aromatic carbocycles. The lowest BCUT2D eigenvalue weighted by Gasteiger charge is -2.25. The first kappa shape index (κ1) is 13.6. The Hall–Kier alpha value is -0.370. The van der Waals surface area contributed by atoms with Gasteiger partial charge in [0.1, 0.15) is 5.82 Å². The minimum atomic E-state index is -0.113. The van der Waals surface area contributed by atoms with Crippen molar-refractivity contribution < 1.29 is 4.39 Å². The first-order valence-electron chi connectivity index (χ1n) is 7.45. The van der Waals surface area contributed by atoms with Crippen molar-refractivity contribution in [3.8, 4) is 0 Å². The molecule has 1 aromatic rings. The Balaban J connectivity index is 1.75. The Kier molecular flexibility index (Phi) is 3.72. The van der Waals surface area contributed by atoms with E-state index in [0.717, 1.165) is 28.9 Å². The summed E-state index contributed by atoms with van der Waals surface area (Å²) in [7, 11) is 0. The van der Waals surface area contributed by atoms with Gasteiger partial charge in [-0.3, -0.25) is 0 Å². The first-order chi connectivity index (χ1) is 9.04. The van der Waals surface area contributed by atoms with Crippen molar-refractivity contribution in [1.82, 2.24) is 0 Å². The first-order valence-corrected chi connectivity index (χ1v) is 8.37.